The summed E-state index contributed by atoms with van der Waals surface area (Å²) in [5.41, 5.74) is 18.3. The fourth-order valence-electron chi connectivity index (χ4n) is 3.74. The minimum absolute atomic E-state index is 0.0580. The van der Waals surface area contributed by atoms with Crippen molar-refractivity contribution in [2.24, 2.45) is 16.6 Å². The molecule has 0 fully saturated rings. The highest BCUT2D eigenvalue weighted by Gasteiger charge is 2.43. The van der Waals surface area contributed by atoms with Gasteiger partial charge in [-0.15, -0.1) is 0 Å². The van der Waals surface area contributed by atoms with E-state index in [2.05, 4.69) is 66.7 Å². The van der Waals surface area contributed by atoms with E-state index in [4.69, 9.17) is 11.5 Å². The molecule has 0 bridgehead atoms. The van der Waals surface area contributed by atoms with E-state index >= 15 is 0 Å². The van der Waals surface area contributed by atoms with Gasteiger partial charge in [0.05, 0.1) is 0 Å². The number of hydrogen-bond acceptors (Lipinski definition) is 2. The highest BCUT2D eigenvalue weighted by atomic mass is 14.6. The molecular formula is C22H34N2. The van der Waals surface area contributed by atoms with Crippen LogP contribution in [0.4, 0.5) is 5.69 Å². The van der Waals surface area contributed by atoms with Crippen LogP contribution in [0.25, 0.3) is 0 Å². The Hall–Kier alpha value is -1.70. The summed E-state index contributed by atoms with van der Waals surface area (Å²) in [5.74, 6) is 0. The Balaban J connectivity index is 2.51. The molecule has 0 amide bonds. The van der Waals surface area contributed by atoms with Gasteiger partial charge in [0.1, 0.15) is 0 Å². The van der Waals surface area contributed by atoms with Crippen LogP contribution < -0.4 is 11.5 Å². The molecule has 0 heterocycles. The van der Waals surface area contributed by atoms with Crippen LogP contribution in [0.1, 0.15) is 66.9 Å². The summed E-state index contributed by atoms with van der Waals surface area (Å²) in [7, 11) is 0. The lowest BCUT2D eigenvalue weighted by Crippen LogP contribution is -2.40. The third-order valence-electron chi connectivity index (χ3n) is 6.13. The predicted octanol–water partition coefficient (Wildman–Crippen LogP) is 5.55. The van der Waals surface area contributed by atoms with Gasteiger partial charge in [0, 0.05) is 16.8 Å². The number of allylic oxidation sites excluding steroid dienone is 3. The van der Waals surface area contributed by atoms with Crippen molar-refractivity contribution < 1.29 is 0 Å². The molecule has 0 radical (unpaired) electrons. The van der Waals surface area contributed by atoms with Gasteiger partial charge in [-0.2, -0.15) is 0 Å². The average Bonchev–Trinajstić information content (AvgIpc) is 2.46. The third kappa shape index (κ3) is 3.11. The monoisotopic (exact) mass is 326 g/mol. The second kappa shape index (κ2) is 5.98. The molecule has 0 atom stereocenters. The summed E-state index contributed by atoms with van der Waals surface area (Å²) in [6.07, 6.45) is 4.49. The third-order valence-corrected chi connectivity index (χ3v) is 6.13. The van der Waals surface area contributed by atoms with Crippen LogP contribution in [0, 0.1) is 10.8 Å². The van der Waals surface area contributed by atoms with E-state index in [1.54, 1.807) is 0 Å². The van der Waals surface area contributed by atoms with E-state index in [1.165, 1.54) is 16.7 Å². The first-order chi connectivity index (χ1) is 10.9. The summed E-state index contributed by atoms with van der Waals surface area (Å²) >= 11 is 0. The molecule has 24 heavy (non-hydrogen) atoms. The zero-order valence-corrected chi connectivity index (χ0v) is 16.5. The second-order valence-electron chi connectivity index (χ2n) is 9.17. The van der Waals surface area contributed by atoms with Crippen molar-refractivity contribution in [3.63, 3.8) is 0 Å². The number of nitrogen functional groups attached to an aromatic ring is 1. The maximum absolute atomic E-state index is 6.69. The molecule has 0 unspecified atom stereocenters. The van der Waals surface area contributed by atoms with Crippen LogP contribution >= 0.6 is 0 Å². The maximum atomic E-state index is 6.69. The van der Waals surface area contributed by atoms with Crippen molar-refractivity contribution in [3.05, 3.63) is 52.7 Å². The van der Waals surface area contributed by atoms with Gasteiger partial charge in [-0.25, -0.2) is 0 Å². The minimum atomic E-state index is -0.0792. The van der Waals surface area contributed by atoms with Gasteiger partial charge in [-0.1, -0.05) is 66.7 Å². The molecule has 132 valence electrons. The van der Waals surface area contributed by atoms with Crippen molar-refractivity contribution in [1.82, 2.24) is 0 Å². The minimum Gasteiger partial charge on any atom is -0.399 e. The number of anilines is 1. The van der Waals surface area contributed by atoms with Crippen molar-refractivity contribution in [2.45, 2.75) is 66.7 Å². The van der Waals surface area contributed by atoms with E-state index < -0.39 is 0 Å². The van der Waals surface area contributed by atoms with Gasteiger partial charge in [-0.3, -0.25) is 0 Å². The second-order valence-corrected chi connectivity index (χ2v) is 9.17. The Morgan fingerprint density at radius 1 is 0.792 bits per heavy atom. The van der Waals surface area contributed by atoms with E-state index in [0.717, 1.165) is 24.2 Å². The number of rotatable bonds is 3. The highest BCUT2D eigenvalue weighted by molar-refractivity contribution is 5.47. The van der Waals surface area contributed by atoms with Gasteiger partial charge in [0.15, 0.2) is 0 Å². The van der Waals surface area contributed by atoms with Crippen molar-refractivity contribution in [1.29, 1.82) is 0 Å². The zero-order chi connectivity index (χ0) is 18.3. The van der Waals surface area contributed by atoms with E-state index in [-0.39, 0.29) is 16.2 Å². The lowest BCUT2D eigenvalue weighted by atomic mass is 9.58. The first-order valence-electron chi connectivity index (χ1n) is 8.95. The molecule has 0 aromatic heterocycles. The molecule has 1 aliphatic carbocycles. The van der Waals surface area contributed by atoms with Crippen LogP contribution in [-0.4, -0.2) is 0 Å². The first kappa shape index (κ1) is 18.6. The van der Waals surface area contributed by atoms with Gasteiger partial charge >= 0.3 is 0 Å². The molecule has 0 saturated heterocycles. The number of nitrogens with two attached hydrogens (primary N) is 2. The molecule has 2 heteroatoms. The molecule has 0 saturated carbocycles. The van der Waals surface area contributed by atoms with Gasteiger partial charge in [0.2, 0.25) is 0 Å². The molecule has 0 spiro atoms. The zero-order valence-electron chi connectivity index (χ0n) is 16.5. The van der Waals surface area contributed by atoms with Gasteiger partial charge < -0.3 is 11.5 Å². The standard InChI is InChI=1S/C22H34N2/c1-20(2,3)17-9-8-10-18(19(17)24)22(6,7)21(4,5)15-11-13-16(23)14-12-15/h10-14H,8-9,23-24H2,1-7H3. The van der Waals surface area contributed by atoms with E-state index in [0.29, 0.717) is 0 Å². The Morgan fingerprint density at radius 2 is 1.33 bits per heavy atom. The van der Waals surface area contributed by atoms with E-state index in [9.17, 15) is 0 Å². The largest absolute Gasteiger partial charge is 0.399 e. The molecule has 0 aliphatic heterocycles. The van der Waals surface area contributed by atoms with Crippen LogP contribution in [-0.2, 0) is 5.41 Å². The lowest BCUT2D eigenvalue weighted by Gasteiger charge is -2.46. The molecule has 2 nitrogen and oxygen atoms in total. The van der Waals surface area contributed by atoms with Crippen LogP contribution in [0.15, 0.2) is 47.2 Å². The smallest absolute Gasteiger partial charge is 0.0346 e. The summed E-state index contributed by atoms with van der Waals surface area (Å²) in [6, 6.07) is 8.26. The Labute approximate surface area is 148 Å². The fraction of sp³-hybridized carbons (Fsp3) is 0.545. The highest BCUT2D eigenvalue weighted by Crippen LogP contribution is 2.51. The quantitative estimate of drug-likeness (QED) is 0.715. The van der Waals surface area contributed by atoms with Crippen LogP contribution in [0.2, 0.25) is 0 Å². The van der Waals surface area contributed by atoms with Crippen LogP contribution in [0.3, 0.4) is 0 Å². The Bertz CT molecular complexity index is 665. The Morgan fingerprint density at radius 3 is 1.83 bits per heavy atom. The fourth-order valence-corrected chi connectivity index (χ4v) is 3.74. The number of hydrogen-bond donors (Lipinski definition) is 2. The summed E-state index contributed by atoms with van der Waals surface area (Å²) in [5, 5.41) is 0. The summed E-state index contributed by atoms with van der Waals surface area (Å²) in [4.78, 5) is 0. The normalized spacial score (nSPS) is 17.0. The first-order valence-corrected chi connectivity index (χ1v) is 8.95. The topological polar surface area (TPSA) is 52.0 Å². The molecule has 4 N–H and O–H groups in total. The average molecular weight is 327 g/mol. The van der Waals surface area contributed by atoms with Gasteiger partial charge in [-0.05, 0) is 52.5 Å². The molecular weight excluding hydrogens is 292 g/mol. The van der Waals surface area contributed by atoms with E-state index in [1.807, 2.05) is 12.1 Å². The Kier molecular flexibility index (Phi) is 4.65. The maximum Gasteiger partial charge on any atom is 0.0346 e. The van der Waals surface area contributed by atoms with Crippen LogP contribution in [0.5, 0.6) is 0 Å². The molecule has 1 aromatic rings. The molecule has 1 aliphatic rings. The van der Waals surface area contributed by atoms with Gasteiger partial charge in [0.25, 0.3) is 0 Å². The SMILES string of the molecule is CC(C)(C)C1=C(N)C(C(C)(C)C(C)(C)c2ccc(N)cc2)=CCC1. The summed E-state index contributed by atoms with van der Waals surface area (Å²) in [6.45, 7) is 16.0. The van der Waals surface area contributed by atoms with Crippen molar-refractivity contribution >= 4 is 5.69 Å². The van der Waals surface area contributed by atoms with Crippen molar-refractivity contribution in [3.8, 4) is 0 Å². The number of benzene rings is 1. The predicted molar refractivity (Wildman–Crippen MR) is 106 cm³/mol. The summed E-state index contributed by atoms with van der Waals surface area (Å²) < 4.78 is 0. The molecule has 1 aromatic carbocycles. The molecule has 2 rings (SSSR count). The van der Waals surface area contributed by atoms with Crippen molar-refractivity contribution in [2.75, 3.05) is 5.73 Å². The lowest BCUT2D eigenvalue weighted by molar-refractivity contribution is 0.248.